The quantitative estimate of drug-likeness (QED) is 0.476. The van der Waals surface area contributed by atoms with Crippen LogP contribution < -0.4 is 5.32 Å². The molecule has 1 atom stereocenters. The van der Waals surface area contributed by atoms with Crippen LogP contribution in [0.2, 0.25) is 15.1 Å². The first-order valence-electron chi connectivity index (χ1n) is 8.81. The van der Waals surface area contributed by atoms with Crippen molar-refractivity contribution < 1.29 is 4.79 Å². The second kappa shape index (κ2) is 7.27. The van der Waals surface area contributed by atoms with Gasteiger partial charge in [0.05, 0.1) is 21.8 Å². The average molecular weight is 423 g/mol. The van der Waals surface area contributed by atoms with E-state index >= 15 is 0 Å². The van der Waals surface area contributed by atoms with Gasteiger partial charge in [0.15, 0.2) is 0 Å². The van der Waals surface area contributed by atoms with Crippen molar-refractivity contribution in [3.8, 4) is 0 Å². The number of carbonyl (C=O) groups excluding carboxylic acids is 1. The molecule has 0 bridgehead atoms. The van der Waals surface area contributed by atoms with Crippen molar-refractivity contribution in [2.45, 2.75) is 25.8 Å². The number of fused-ring (bicyclic) bond motifs is 3. The number of benzene rings is 2. The van der Waals surface area contributed by atoms with Crippen LogP contribution in [0.25, 0.3) is 10.9 Å². The summed E-state index contributed by atoms with van der Waals surface area (Å²) in [5, 5.41) is 5.15. The third-order valence-electron chi connectivity index (χ3n) is 5.05. The minimum atomic E-state index is -0.225. The van der Waals surface area contributed by atoms with Crippen molar-refractivity contribution >= 4 is 57.4 Å². The lowest BCUT2D eigenvalue weighted by Crippen LogP contribution is -2.42. The number of carbonyl (C=O) groups is 1. The van der Waals surface area contributed by atoms with E-state index < -0.39 is 0 Å². The van der Waals surface area contributed by atoms with Crippen LogP contribution in [0.4, 0.5) is 10.5 Å². The van der Waals surface area contributed by atoms with Crippen LogP contribution in [0.1, 0.15) is 30.6 Å². The molecule has 0 saturated heterocycles. The highest BCUT2D eigenvalue weighted by Crippen LogP contribution is 2.38. The topological polar surface area (TPSA) is 48.1 Å². The van der Waals surface area contributed by atoms with Gasteiger partial charge >= 0.3 is 6.03 Å². The number of rotatable bonds is 2. The summed E-state index contributed by atoms with van der Waals surface area (Å²) in [5.74, 6) is 0. The second-order valence-electron chi connectivity index (χ2n) is 6.60. The van der Waals surface area contributed by atoms with Gasteiger partial charge in [-0.05, 0) is 36.6 Å². The highest BCUT2D eigenvalue weighted by atomic mass is 35.5. The largest absolute Gasteiger partial charge is 0.356 e. The lowest BCUT2D eigenvalue weighted by molar-refractivity contribution is 0.179. The number of halogens is 3. The van der Waals surface area contributed by atoms with Gasteiger partial charge < -0.3 is 15.2 Å². The number of aromatic amines is 1. The van der Waals surface area contributed by atoms with Gasteiger partial charge in [0.25, 0.3) is 0 Å². The summed E-state index contributed by atoms with van der Waals surface area (Å²) >= 11 is 18.4. The van der Waals surface area contributed by atoms with E-state index in [1.54, 1.807) is 12.1 Å². The molecule has 3 aromatic rings. The van der Waals surface area contributed by atoms with Crippen molar-refractivity contribution in [2.24, 2.45) is 0 Å². The summed E-state index contributed by atoms with van der Waals surface area (Å²) in [4.78, 5) is 18.3. The molecule has 1 unspecified atom stereocenters. The normalized spacial score (nSPS) is 16.4. The summed E-state index contributed by atoms with van der Waals surface area (Å²) in [7, 11) is 0. The van der Waals surface area contributed by atoms with Crippen LogP contribution in [-0.4, -0.2) is 22.5 Å². The fourth-order valence-corrected chi connectivity index (χ4v) is 4.74. The molecular formula is C20H18Cl3N3O. The molecule has 0 spiro atoms. The lowest BCUT2D eigenvalue weighted by Gasteiger charge is -2.35. The molecule has 0 saturated carbocycles. The molecule has 1 aromatic heterocycles. The van der Waals surface area contributed by atoms with Crippen molar-refractivity contribution in [1.29, 1.82) is 0 Å². The Morgan fingerprint density at radius 1 is 1.22 bits per heavy atom. The van der Waals surface area contributed by atoms with Gasteiger partial charge in [-0.2, -0.15) is 0 Å². The molecule has 4 rings (SSSR count). The Morgan fingerprint density at radius 3 is 2.63 bits per heavy atom. The molecule has 0 aliphatic carbocycles. The summed E-state index contributed by atoms with van der Waals surface area (Å²) in [6.07, 6.45) is 1.60. The summed E-state index contributed by atoms with van der Waals surface area (Å²) in [6, 6.07) is 11.1. The van der Waals surface area contributed by atoms with Gasteiger partial charge in [-0.1, -0.05) is 59.9 Å². The van der Waals surface area contributed by atoms with E-state index in [1.807, 2.05) is 17.0 Å². The number of amides is 2. The van der Waals surface area contributed by atoms with Crippen LogP contribution in [0, 0.1) is 0 Å². The number of nitrogens with zero attached hydrogens (tertiary/aromatic N) is 1. The zero-order valence-electron chi connectivity index (χ0n) is 14.7. The molecule has 2 N–H and O–H groups in total. The Balaban J connectivity index is 1.65. The average Bonchev–Trinajstić information content (AvgIpc) is 3.02. The Hall–Kier alpha value is -1.88. The molecule has 2 amide bonds. The van der Waals surface area contributed by atoms with Crippen molar-refractivity contribution in [1.82, 2.24) is 9.88 Å². The van der Waals surface area contributed by atoms with Gasteiger partial charge in [0.1, 0.15) is 0 Å². The highest BCUT2D eigenvalue weighted by molar-refractivity contribution is 6.42. The zero-order chi connectivity index (χ0) is 19.1. The summed E-state index contributed by atoms with van der Waals surface area (Å²) in [5.41, 5.74) is 3.88. The van der Waals surface area contributed by atoms with Crippen LogP contribution in [0.3, 0.4) is 0 Å². The van der Waals surface area contributed by atoms with Crippen LogP contribution in [-0.2, 0) is 6.42 Å². The molecule has 0 radical (unpaired) electrons. The number of H-pyrrole nitrogens is 1. The van der Waals surface area contributed by atoms with Gasteiger partial charge in [-0.3, -0.25) is 0 Å². The molecule has 0 fully saturated rings. The molecule has 7 heteroatoms. The summed E-state index contributed by atoms with van der Waals surface area (Å²) < 4.78 is 0. The van der Waals surface area contributed by atoms with Crippen molar-refractivity contribution in [2.75, 3.05) is 11.9 Å². The number of para-hydroxylation sites is 1. The van der Waals surface area contributed by atoms with Gasteiger partial charge in [-0.15, -0.1) is 0 Å². The first-order chi connectivity index (χ1) is 13.0. The molecule has 4 nitrogen and oxygen atoms in total. The molecule has 140 valence electrons. The van der Waals surface area contributed by atoms with Crippen LogP contribution >= 0.6 is 34.8 Å². The summed E-state index contributed by atoms with van der Waals surface area (Å²) in [6.45, 7) is 2.70. The Morgan fingerprint density at radius 2 is 1.93 bits per heavy atom. The smallest absolute Gasteiger partial charge is 0.322 e. The molecule has 2 aromatic carbocycles. The van der Waals surface area contributed by atoms with E-state index in [1.165, 1.54) is 10.9 Å². The third kappa shape index (κ3) is 3.27. The van der Waals surface area contributed by atoms with Crippen molar-refractivity contribution in [3.05, 3.63) is 62.7 Å². The van der Waals surface area contributed by atoms with E-state index in [4.69, 9.17) is 34.8 Å². The fraction of sp³-hybridized carbons (Fsp3) is 0.250. The monoisotopic (exact) mass is 421 g/mol. The molecular weight excluding hydrogens is 405 g/mol. The van der Waals surface area contributed by atoms with E-state index in [9.17, 15) is 4.79 Å². The first kappa shape index (κ1) is 18.5. The Bertz CT molecular complexity index is 1010. The molecule has 2 heterocycles. The standard InChI is InChI=1S/C20H18Cl3N3O/c1-2-17-18-13(12-5-3-4-6-16(12)24-18)7-8-26(17)20(27)25-19-14(22)9-11(21)10-15(19)23/h3-6,9-10,17,24H,2,7-8H2,1H3,(H,25,27). The maximum absolute atomic E-state index is 13.0. The number of urea groups is 1. The minimum Gasteiger partial charge on any atom is -0.356 e. The Labute approximate surface area is 172 Å². The van der Waals surface area contributed by atoms with Crippen LogP contribution in [0.5, 0.6) is 0 Å². The predicted molar refractivity (Wildman–Crippen MR) is 112 cm³/mol. The minimum absolute atomic E-state index is 0.0361. The fourth-order valence-electron chi connectivity index (χ4n) is 3.83. The number of hydrogen-bond acceptors (Lipinski definition) is 1. The highest BCUT2D eigenvalue weighted by Gasteiger charge is 2.32. The van der Waals surface area contributed by atoms with E-state index in [2.05, 4.69) is 29.4 Å². The zero-order valence-corrected chi connectivity index (χ0v) is 16.9. The van der Waals surface area contributed by atoms with Gasteiger partial charge in [0.2, 0.25) is 0 Å². The van der Waals surface area contributed by atoms with E-state index in [-0.39, 0.29) is 12.1 Å². The molecule has 27 heavy (non-hydrogen) atoms. The number of hydrogen-bond donors (Lipinski definition) is 2. The second-order valence-corrected chi connectivity index (χ2v) is 7.86. The van der Waals surface area contributed by atoms with E-state index in [0.717, 1.165) is 24.1 Å². The van der Waals surface area contributed by atoms with Crippen molar-refractivity contribution in [3.63, 3.8) is 0 Å². The number of nitrogens with one attached hydrogen (secondary N) is 2. The maximum Gasteiger partial charge on any atom is 0.322 e. The third-order valence-corrected chi connectivity index (χ3v) is 5.86. The van der Waals surface area contributed by atoms with Gasteiger partial charge in [0, 0.05) is 28.2 Å². The maximum atomic E-state index is 13.0. The SMILES string of the molecule is CCC1c2[nH]c3ccccc3c2CCN1C(=O)Nc1c(Cl)cc(Cl)cc1Cl. The molecule has 1 aliphatic heterocycles. The number of anilines is 1. The first-order valence-corrected chi connectivity index (χ1v) is 9.94. The lowest BCUT2D eigenvalue weighted by atomic mass is 9.96. The Kier molecular flexibility index (Phi) is 4.97. The molecule has 1 aliphatic rings. The predicted octanol–water partition coefficient (Wildman–Crippen LogP) is 6.67. The van der Waals surface area contributed by atoms with Crippen LogP contribution in [0.15, 0.2) is 36.4 Å². The van der Waals surface area contributed by atoms with Gasteiger partial charge in [-0.25, -0.2) is 4.79 Å². The number of aromatic nitrogens is 1. The van der Waals surface area contributed by atoms with E-state index in [0.29, 0.717) is 27.3 Å².